The van der Waals surface area contributed by atoms with Gasteiger partial charge in [0.1, 0.15) is 0 Å². The first kappa shape index (κ1) is 8.05. The van der Waals surface area contributed by atoms with Gasteiger partial charge >= 0.3 is 5.84 Å². The molecule has 0 amide bonds. The van der Waals surface area contributed by atoms with Crippen molar-refractivity contribution < 1.29 is 10.1 Å². The predicted octanol–water partition coefficient (Wildman–Crippen LogP) is -0.111. The van der Waals surface area contributed by atoms with Crippen LogP contribution in [0.3, 0.4) is 0 Å². The summed E-state index contributed by atoms with van der Waals surface area (Å²) in [6, 6.07) is 1.50. The van der Waals surface area contributed by atoms with Crippen molar-refractivity contribution in [1.29, 1.82) is 0 Å². The fraction of sp³-hybridized carbons (Fsp3) is 0. The van der Waals surface area contributed by atoms with Crippen LogP contribution in [0.4, 0.5) is 0 Å². The number of hydrogen-bond acceptors (Lipinski definition) is 6. The minimum atomic E-state index is -0.866. The summed E-state index contributed by atoms with van der Waals surface area (Å²) in [4.78, 5) is 16.4. The van der Waals surface area contributed by atoms with Gasteiger partial charge in [0.2, 0.25) is 0 Å². The van der Waals surface area contributed by atoms with Crippen LogP contribution in [0.25, 0.3) is 0 Å². The van der Waals surface area contributed by atoms with Crippen LogP contribution in [0.2, 0.25) is 0 Å². The van der Waals surface area contributed by atoms with Gasteiger partial charge in [0.25, 0.3) is 5.82 Å². The largest absolute Gasteiger partial charge is 0.454 e. The van der Waals surface area contributed by atoms with Crippen molar-refractivity contribution in [2.24, 2.45) is 5.16 Å². The molecule has 1 aromatic rings. The van der Waals surface area contributed by atoms with E-state index < -0.39 is 10.8 Å². The number of oxime groups is 1. The molecule has 62 valence electrons. The SMILES string of the molecule is O=[N+]([O-])C(=NO)c1ncccn1. The molecule has 0 aliphatic heterocycles. The van der Waals surface area contributed by atoms with Gasteiger partial charge in [-0.3, -0.25) is 0 Å². The first-order valence-corrected chi connectivity index (χ1v) is 2.89. The highest BCUT2D eigenvalue weighted by atomic mass is 16.6. The first-order valence-electron chi connectivity index (χ1n) is 2.89. The maximum Gasteiger partial charge on any atom is 0.454 e. The average Bonchev–Trinajstić information content (AvgIpc) is 2.07. The zero-order valence-corrected chi connectivity index (χ0v) is 5.78. The average molecular weight is 168 g/mol. The summed E-state index contributed by atoms with van der Waals surface area (Å²) in [7, 11) is 0. The Morgan fingerprint density at radius 2 is 2.17 bits per heavy atom. The molecule has 0 saturated carbocycles. The van der Waals surface area contributed by atoms with E-state index in [1.165, 1.54) is 18.5 Å². The summed E-state index contributed by atoms with van der Waals surface area (Å²) in [6.07, 6.45) is 2.63. The lowest BCUT2D eigenvalue weighted by atomic mass is 10.5. The van der Waals surface area contributed by atoms with Crippen LogP contribution < -0.4 is 0 Å². The lowest BCUT2D eigenvalue weighted by Gasteiger charge is -1.92. The highest BCUT2D eigenvalue weighted by Gasteiger charge is 2.19. The van der Waals surface area contributed by atoms with Gasteiger partial charge in [-0.1, -0.05) is 0 Å². The number of nitrogens with zero attached hydrogens (tertiary/aromatic N) is 4. The molecule has 0 aliphatic rings. The Hall–Kier alpha value is -2.05. The third-order valence-electron chi connectivity index (χ3n) is 1.03. The van der Waals surface area contributed by atoms with Gasteiger partial charge in [-0.15, -0.1) is 0 Å². The molecular weight excluding hydrogens is 164 g/mol. The smallest absolute Gasteiger partial charge is 0.358 e. The zero-order valence-electron chi connectivity index (χ0n) is 5.78. The highest BCUT2D eigenvalue weighted by molar-refractivity contribution is 5.87. The van der Waals surface area contributed by atoms with Crippen molar-refractivity contribution in [2.45, 2.75) is 0 Å². The Kier molecular flexibility index (Phi) is 2.26. The second kappa shape index (κ2) is 3.37. The topological polar surface area (TPSA) is 102 Å². The van der Waals surface area contributed by atoms with Crippen molar-refractivity contribution in [3.63, 3.8) is 0 Å². The maximum atomic E-state index is 10.2. The molecule has 7 heteroatoms. The van der Waals surface area contributed by atoms with E-state index in [0.29, 0.717) is 0 Å². The summed E-state index contributed by atoms with van der Waals surface area (Å²) in [6.45, 7) is 0. The van der Waals surface area contributed by atoms with Crippen LogP contribution in [-0.4, -0.2) is 25.9 Å². The molecule has 0 bridgehead atoms. The van der Waals surface area contributed by atoms with Gasteiger partial charge in [-0.25, -0.2) is 9.97 Å². The lowest BCUT2D eigenvalue weighted by molar-refractivity contribution is -0.351. The first-order chi connectivity index (χ1) is 5.75. The molecule has 0 atom stereocenters. The number of hydrogen-bond donors (Lipinski definition) is 1. The molecule has 1 rings (SSSR count). The van der Waals surface area contributed by atoms with Crippen molar-refractivity contribution in [3.8, 4) is 0 Å². The van der Waals surface area contributed by atoms with E-state index in [4.69, 9.17) is 5.21 Å². The number of amidine groups is 1. The summed E-state index contributed by atoms with van der Waals surface area (Å²) < 4.78 is 0. The van der Waals surface area contributed by atoms with E-state index in [0.717, 1.165) is 0 Å². The molecule has 0 saturated heterocycles. The highest BCUT2D eigenvalue weighted by Crippen LogP contribution is 1.91. The van der Waals surface area contributed by atoms with E-state index in [2.05, 4.69) is 15.1 Å². The molecule has 0 aromatic carbocycles. The number of rotatable bonds is 1. The lowest BCUT2D eigenvalue weighted by Crippen LogP contribution is -2.16. The van der Waals surface area contributed by atoms with Crippen LogP contribution in [0.15, 0.2) is 23.6 Å². The van der Waals surface area contributed by atoms with Crippen LogP contribution in [-0.2, 0) is 0 Å². The van der Waals surface area contributed by atoms with E-state index in [-0.39, 0.29) is 5.82 Å². The molecule has 0 aliphatic carbocycles. The second-order valence-electron chi connectivity index (χ2n) is 1.75. The fourth-order valence-electron chi connectivity index (χ4n) is 0.577. The van der Waals surface area contributed by atoms with Gasteiger partial charge < -0.3 is 15.3 Å². The van der Waals surface area contributed by atoms with Crippen LogP contribution in [0.1, 0.15) is 5.82 Å². The van der Waals surface area contributed by atoms with Crippen LogP contribution in [0, 0.1) is 10.1 Å². The summed E-state index contributed by atoms with van der Waals surface area (Å²) in [5.74, 6) is -0.986. The fourth-order valence-corrected chi connectivity index (χ4v) is 0.577. The number of aromatic nitrogens is 2. The van der Waals surface area contributed by atoms with Crippen molar-refractivity contribution in [1.82, 2.24) is 9.97 Å². The Morgan fingerprint density at radius 3 is 2.58 bits per heavy atom. The van der Waals surface area contributed by atoms with Crippen LogP contribution >= 0.6 is 0 Å². The standard InChI is InChI=1S/C5H4N4O3/c10-8-5(9(11)12)4-6-2-1-3-7-4/h1-3,10H. The second-order valence-corrected chi connectivity index (χ2v) is 1.75. The van der Waals surface area contributed by atoms with Crippen molar-refractivity contribution in [3.05, 3.63) is 34.4 Å². The van der Waals surface area contributed by atoms with E-state index in [9.17, 15) is 10.1 Å². The molecule has 12 heavy (non-hydrogen) atoms. The molecule has 7 nitrogen and oxygen atoms in total. The van der Waals surface area contributed by atoms with Gasteiger partial charge in [-0.05, 0) is 11.0 Å². The molecule has 0 fully saturated rings. The van der Waals surface area contributed by atoms with E-state index >= 15 is 0 Å². The quantitative estimate of drug-likeness (QED) is 0.207. The molecule has 1 heterocycles. The molecule has 0 unspecified atom stereocenters. The van der Waals surface area contributed by atoms with Crippen molar-refractivity contribution in [2.75, 3.05) is 0 Å². The Balaban J connectivity index is 3.05. The molecule has 0 spiro atoms. The third-order valence-corrected chi connectivity index (χ3v) is 1.03. The Bertz CT molecular complexity index is 310. The Labute approximate surface area is 66.5 Å². The zero-order chi connectivity index (χ0) is 8.97. The summed E-state index contributed by atoms with van der Waals surface area (Å²) in [5.41, 5.74) is 0. The van der Waals surface area contributed by atoms with Gasteiger partial charge in [0.05, 0.1) is 0 Å². The van der Waals surface area contributed by atoms with E-state index in [1.54, 1.807) is 0 Å². The van der Waals surface area contributed by atoms with E-state index in [1.807, 2.05) is 0 Å². The minimum absolute atomic E-state index is 0.218. The monoisotopic (exact) mass is 168 g/mol. The molecule has 1 aromatic heterocycles. The van der Waals surface area contributed by atoms with Gasteiger partial charge in [0.15, 0.2) is 5.16 Å². The number of nitro groups is 1. The van der Waals surface area contributed by atoms with Gasteiger partial charge in [-0.2, -0.15) is 0 Å². The summed E-state index contributed by atoms with van der Waals surface area (Å²) in [5, 5.41) is 20.8. The molecule has 1 N–H and O–H groups in total. The van der Waals surface area contributed by atoms with Crippen molar-refractivity contribution >= 4 is 5.84 Å². The van der Waals surface area contributed by atoms with Crippen LogP contribution in [0.5, 0.6) is 0 Å². The van der Waals surface area contributed by atoms with Gasteiger partial charge in [0, 0.05) is 12.4 Å². The molecule has 0 radical (unpaired) electrons. The Morgan fingerprint density at radius 1 is 1.58 bits per heavy atom. The normalized spacial score (nSPS) is 11.2. The minimum Gasteiger partial charge on any atom is -0.358 e. The predicted molar refractivity (Wildman–Crippen MR) is 37.3 cm³/mol. The maximum absolute atomic E-state index is 10.2. The molecular formula is C5H4N4O3. The third kappa shape index (κ3) is 1.51. The summed E-state index contributed by atoms with van der Waals surface area (Å²) >= 11 is 0.